The van der Waals surface area contributed by atoms with E-state index in [0.717, 1.165) is 21.8 Å². The summed E-state index contributed by atoms with van der Waals surface area (Å²) in [5.41, 5.74) is 2.74. The standard InChI is InChI=1S/C14H14ClNO/c1-10-3-2-4-13(14(10)17)16-9-11-5-7-12(15)8-6-11/h2-8,16-17H,9H2,1H3. The molecule has 0 spiro atoms. The van der Waals surface area contributed by atoms with Crippen LogP contribution in [-0.2, 0) is 6.54 Å². The summed E-state index contributed by atoms with van der Waals surface area (Å²) in [6.45, 7) is 2.54. The Balaban J connectivity index is 2.07. The van der Waals surface area contributed by atoms with Crippen molar-refractivity contribution in [1.29, 1.82) is 0 Å². The molecule has 88 valence electrons. The van der Waals surface area contributed by atoms with Crippen LogP contribution in [0.4, 0.5) is 5.69 Å². The number of phenols is 1. The second-order valence-corrected chi connectivity index (χ2v) is 4.39. The van der Waals surface area contributed by atoms with Crippen molar-refractivity contribution in [3.8, 4) is 5.75 Å². The van der Waals surface area contributed by atoms with Crippen LogP contribution in [0, 0.1) is 6.92 Å². The van der Waals surface area contributed by atoms with E-state index in [1.807, 2.05) is 49.4 Å². The van der Waals surface area contributed by atoms with Crippen LogP contribution in [0.1, 0.15) is 11.1 Å². The van der Waals surface area contributed by atoms with Crippen LogP contribution in [-0.4, -0.2) is 5.11 Å². The van der Waals surface area contributed by atoms with Crippen molar-refractivity contribution in [3.63, 3.8) is 0 Å². The van der Waals surface area contributed by atoms with Crippen molar-refractivity contribution in [2.24, 2.45) is 0 Å². The third kappa shape index (κ3) is 2.92. The zero-order valence-corrected chi connectivity index (χ0v) is 10.3. The van der Waals surface area contributed by atoms with Crippen molar-refractivity contribution in [2.45, 2.75) is 13.5 Å². The molecule has 0 unspecified atom stereocenters. The van der Waals surface area contributed by atoms with Crippen LogP contribution in [0.15, 0.2) is 42.5 Å². The van der Waals surface area contributed by atoms with Gasteiger partial charge < -0.3 is 10.4 Å². The summed E-state index contributed by atoms with van der Waals surface area (Å²) >= 11 is 5.81. The molecular weight excluding hydrogens is 234 g/mol. The summed E-state index contributed by atoms with van der Waals surface area (Å²) in [6, 6.07) is 13.3. The van der Waals surface area contributed by atoms with Gasteiger partial charge in [0.25, 0.3) is 0 Å². The van der Waals surface area contributed by atoms with Crippen LogP contribution in [0.25, 0.3) is 0 Å². The molecule has 0 saturated carbocycles. The first-order valence-corrected chi connectivity index (χ1v) is 5.81. The number of hydrogen-bond acceptors (Lipinski definition) is 2. The average Bonchev–Trinajstić information content (AvgIpc) is 2.33. The SMILES string of the molecule is Cc1cccc(NCc2ccc(Cl)cc2)c1O. The molecular formula is C14H14ClNO. The molecule has 0 atom stereocenters. The number of anilines is 1. The second kappa shape index (κ2) is 5.11. The Morgan fingerprint density at radius 1 is 1.12 bits per heavy atom. The number of aromatic hydroxyl groups is 1. The van der Waals surface area contributed by atoms with E-state index in [2.05, 4.69) is 5.32 Å². The Labute approximate surface area is 106 Å². The van der Waals surface area contributed by atoms with E-state index in [1.54, 1.807) is 0 Å². The lowest BCUT2D eigenvalue weighted by molar-refractivity contribution is 0.473. The van der Waals surface area contributed by atoms with Gasteiger partial charge in [-0.15, -0.1) is 0 Å². The van der Waals surface area contributed by atoms with Crippen LogP contribution in [0.5, 0.6) is 5.75 Å². The van der Waals surface area contributed by atoms with Gasteiger partial charge in [0.15, 0.2) is 0 Å². The number of para-hydroxylation sites is 1. The van der Waals surface area contributed by atoms with Crippen LogP contribution in [0.3, 0.4) is 0 Å². The molecule has 2 aromatic carbocycles. The number of nitrogens with one attached hydrogen (secondary N) is 1. The molecule has 2 rings (SSSR count). The van der Waals surface area contributed by atoms with Gasteiger partial charge in [-0.1, -0.05) is 35.9 Å². The molecule has 0 bridgehead atoms. The molecule has 0 aliphatic carbocycles. The maximum absolute atomic E-state index is 9.84. The normalized spacial score (nSPS) is 10.2. The minimum Gasteiger partial charge on any atom is -0.506 e. The van der Waals surface area contributed by atoms with Gasteiger partial charge in [0.1, 0.15) is 5.75 Å². The third-order valence-corrected chi connectivity index (χ3v) is 2.89. The molecule has 17 heavy (non-hydrogen) atoms. The Kier molecular flexibility index (Phi) is 3.55. The van der Waals surface area contributed by atoms with E-state index in [-0.39, 0.29) is 0 Å². The molecule has 0 radical (unpaired) electrons. The highest BCUT2D eigenvalue weighted by Gasteiger charge is 2.02. The van der Waals surface area contributed by atoms with Gasteiger partial charge in [0.2, 0.25) is 0 Å². The summed E-state index contributed by atoms with van der Waals surface area (Å²) in [7, 11) is 0. The number of rotatable bonds is 3. The van der Waals surface area contributed by atoms with E-state index in [1.165, 1.54) is 0 Å². The van der Waals surface area contributed by atoms with Crippen molar-refractivity contribution in [1.82, 2.24) is 0 Å². The minimum absolute atomic E-state index is 0.307. The fraction of sp³-hybridized carbons (Fsp3) is 0.143. The number of aryl methyl sites for hydroxylation is 1. The fourth-order valence-corrected chi connectivity index (χ4v) is 1.73. The first-order valence-electron chi connectivity index (χ1n) is 5.44. The van der Waals surface area contributed by atoms with E-state index < -0.39 is 0 Å². The summed E-state index contributed by atoms with van der Waals surface area (Å²) in [6.07, 6.45) is 0. The van der Waals surface area contributed by atoms with Crippen molar-refractivity contribution in [3.05, 3.63) is 58.6 Å². The Morgan fingerprint density at radius 3 is 2.53 bits per heavy atom. The number of phenolic OH excluding ortho intramolecular Hbond substituents is 1. The Bertz CT molecular complexity index is 508. The highest BCUT2D eigenvalue weighted by molar-refractivity contribution is 6.30. The van der Waals surface area contributed by atoms with E-state index >= 15 is 0 Å². The second-order valence-electron chi connectivity index (χ2n) is 3.95. The lowest BCUT2D eigenvalue weighted by Crippen LogP contribution is -1.99. The molecule has 0 aliphatic rings. The molecule has 0 aromatic heterocycles. The predicted molar refractivity (Wildman–Crippen MR) is 71.6 cm³/mol. The molecule has 0 amide bonds. The average molecular weight is 248 g/mol. The van der Waals surface area contributed by atoms with Gasteiger partial charge in [-0.25, -0.2) is 0 Å². The zero-order chi connectivity index (χ0) is 12.3. The molecule has 0 aliphatic heterocycles. The van der Waals surface area contributed by atoms with Gasteiger partial charge in [-0.05, 0) is 36.2 Å². The summed E-state index contributed by atoms with van der Waals surface area (Å²) in [4.78, 5) is 0. The Morgan fingerprint density at radius 2 is 1.82 bits per heavy atom. The Hall–Kier alpha value is -1.67. The zero-order valence-electron chi connectivity index (χ0n) is 9.57. The van der Waals surface area contributed by atoms with Crippen LogP contribution < -0.4 is 5.32 Å². The van der Waals surface area contributed by atoms with E-state index in [9.17, 15) is 5.11 Å². The predicted octanol–water partition coefficient (Wildman–Crippen LogP) is 3.97. The quantitative estimate of drug-likeness (QED) is 0.805. The summed E-state index contributed by atoms with van der Waals surface area (Å²) < 4.78 is 0. The van der Waals surface area contributed by atoms with Crippen LogP contribution >= 0.6 is 11.6 Å². The molecule has 0 saturated heterocycles. The molecule has 3 heteroatoms. The molecule has 2 nitrogen and oxygen atoms in total. The number of hydrogen-bond donors (Lipinski definition) is 2. The highest BCUT2D eigenvalue weighted by Crippen LogP contribution is 2.26. The van der Waals surface area contributed by atoms with Gasteiger partial charge in [0, 0.05) is 11.6 Å². The van der Waals surface area contributed by atoms with E-state index in [0.29, 0.717) is 12.3 Å². The van der Waals surface area contributed by atoms with Crippen molar-refractivity contribution < 1.29 is 5.11 Å². The third-order valence-electron chi connectivity index (χ3n) is 2.63. The molecule has 2 N–H and O–H groups in total. The maximum atomic E-state index is 9.84. The topological polar surface area (TPSA) is 32.3 Å². The number of halogens is 1. The lowest BCUT2D eigenvalue weighted by atomic mass is 10.2. The van der Waals surface area contributed by atoms with Gasteiger partial charge in [-0.2, -0.15) is 0 Å². The minimum atomic E-state index is 0.307. The maximum Gasteiger partial charge on any atom is 0.141 e. The molecule has 0 fully saturated rings. The molecule has 0 heterocycles. The van der Waals surface area contributed by atoms with Gasteiger partial charge in [0.05, 0.1) is 5.69 Å². The van der Waals surface area contributed by atoms with Gasteiger partial charge >= 0.3 is 0 Å². The highest BCUT2D eigenvalue weighted by atomic mass is 35.5. The smallest absolute Gasteiger partial charge is 0.141 e. The van der Waals surface area contributed by atoms with Crippen LogP contribution in [0.2, 0.25) is 5.02 Å². The first kappa shape index (κ1) is 11.8. The van der Waals surface area contributed by atoms with Crippen molar-refractivity contribution in [2.75, 3.05) is 5.32 Å². The molecule has 2 aromatic rings. The largest absolute Gasteiger partial charge is 0.506 e. The van der Waals surface area contributed by atoms with Gasteiger partial charge in [-0.3, -0.25) is 0 Å². The number of benzene rings is 2. The lowest BCUT2D eigenvalue weighted by Gasteiger charge is -2.10. The van der Waals surface area contributed by atoms with E-state index in [4.69, 9.17) is 11.6 Å². The first-order chi connectivity index (χ1) is 8.16. The monoisotopic (exact) mass is 247 g/mol. The summed E-state index contributed by atoms with van der Waals surface area (Å²) in [5, 5.41) is 13.8. The van der Waals surface area contributed by atoms with Crippen molar-refractivity contribution >= 4 is 17.3 Å². The fourth-order valence-electron chi connectivity index (χ4n) is 1.60. The summed E-state index contributed by atoms with van der Waals surface area (Å²) in [5.74, 6) is 0.307.